The Kier molecular flexibility index (Phi) is 6.79. The molecule has 0 unspecified atom stereocenters. The van der Waals surface area contributed by atoms with Crippen LogP contribution in [-0.2, 0) is 9.84 Å². The van der Waals surface area contributed by atoms with Gasteiger partial charge in [-0.15, -0.1) is 0 Å². The molecule has 1 aliphatic rings. The lowest BCUT2D eigenvalue weighted by molar-refractivity contribution is 0.102. The second kappa shape index (κ2) is 8.99. The molecule has 5 nitrogen and oxygen atoms in total. The zero-order valence-electron chi connectivity index (χ0n) is 16.3. The normalized spacial score (nSPS) is 19.5. The van der Waals surface area contributed by atoms with Gasteiger partial charge >= 0.3 is 0 Å². The van der Waals surface area contributed by atoms with Gasteiger partial charge < -0.3 is 10.4 Å². The molecule has 2 N–H and O–H groups in total. The highest BCUT2D eigenvalue weighted by atomic mass is 35.5. The Morgan fingerprint density at radius 2 is 1.83 bits per heavy atom. The molecule has 0 heterocycles. The average molecular weight is 458 g/mol. The van der Waals surface area contributed by atoms with Crippen LogP contribution < -0.4 is 5.32 Å². The summed E-state index contributed by atoms with van der Waals surface area (Å²) in [4.78, 5) is 12.4. The van der Waals surface area contributed by atoms with Crippen molar-refractivity contribution in [2.24, 2.45) is 5.92 Å². The van der Waals surface area contributed by atoms with E-state index >= 15 is 0 Å². The maximum absolute atomic E-state index is 13.6. The number of sulfone groups is 1. The predicted octanol–water partition coefficient (Wildman–Crippen LogP) is 4.50. The number of halogens is 3. The molecule has 2 aromatic carbocycles. The van der Waals surface area contributed by atoms with Crippen molar-refractivity contribution < 1.29 is 27.1 Å². The summed E-state index contributed by atoms with van der Waals surface area (Å²) in [5.74, 6) is -2.97. The highest BCUT2D eigenvalue weighted by Crippen LogP contribution is 2.30. The number of nitrogens with one attached hydrogen (secondary N) is 1. The third-order valence-corrected chi connectivity index (χ3v) is 7.63. The molecule has 0 aliphatic heterocycles. The molecule has 30 heavy (non-hydrogen) atoms. The number of anilines is 1. The lowest BCUT2D eigenvalue weighted by Crippen LogP contribution is -2.24. The van der Waals surface area contributed by atoms with Crippen molar-refractivity contribution in [2.75, 3.05) is 11.1 Å². The summed E-state index contributed by atoms with van der Waals surface area (Å²) < 4.78 is 52.8. The maximum Gasteiger partial charge on any atom is 0.255 e. The number of rotatable bonds is 5. The third-order valence-electron chi connectivity index (χ3n) is 5.27. The fraction of sp³-hybridized carbons (Fsp3) is 0.381. The zero-order chi connectivity index (χ0) is 22.1. The molecule has 1 saturated carbocycles. The quantitative estimate of drug-likeness (QED) is 0.692. The molecule has 162 valence electrons. The van der Waals surface area contributed by atoms with Crippen LogP contribution in [0.5, 0.6) is 0 Å². The molecule has 0 aromatic heterocycles. The van der Waals surface area contributed by atoms with Crippen LogP contribution in [0, 0.1) is 24.5 Å². The van der Waals surface area contributed by atoms with E-state index in [4.69, 9.17) is 11.6 Å². The van der Waals surface area contributed by atoms with E-state index in [1.54, 1.807) is 0 Å². The second-order valence-corrected chi connectivity index (χ2v) is 10.1. The molecule has 3 rings (SSSR count). The summed E-state index contributed by atoms with van der Waals surface area (Å²) >= 11 is 6.10. The van der Waals surface area contributed by atoms with Gasteiger partial charge in [-0.3, -0.25) is 4.79 Å². The molecule has 0 spiro atoms. The van der Waals surface area contributed by atoms with Crippen LogP contribution in [0.25, 0.3) is 0 Å². The van der Waals surface area contributed by atoms with Crippen LogP contribution in [-0.4, -0.2) is 31.3 Å². The number of carbonyl (C=O) groups is 1. The maximum atomic E-state index is 13.6. The van der Waals surface area contributed by atoms with Gasteiger partial charge in [0.05, 0.1) is 21.8 Å². The number of carbonyl (C=O) groups excluding carboxylic acids is 1. The van der Waals surface area contributed by atoms with Crippen molar-refractivity contribution in [3.05, 3.63) is 58.1 Å². The van der Waals surface area contributed by atoms with Gasteiger partial charge in [0.2, 0.25) is 0 Å². The first-order valence-electron chi connectivity index (χ1n) is 9.54. The number of hydrogen-bond donors (Lipinski definition) is 2. The molecular weight excluding hydrogens is 436 g/mol. The first-order chi connectivity index (χ1) is 14.1. The first-order valence-corrected chi connectivity index (χ1v) is 11.6. The van der Waals surface area contributed by atoms with Gasteiger partial charge in [-0.1, -0.05) is 11.6 Å². The van der Waals surface area contributed by atoms with E-state index in [0.717, 1.165) is 6.07 Å². The monoisotopic (exact) mass is 457 g/mol. The van der Waals surface area contributed by atoms with Crippen LogP contribution in [0.3, 0.4) is 0 Å². The Balaban J connectivity index is 1.81. The Hall–Kier alpha value is -2.03. The van der Waals surface area contributed by atoms with E-state index in [1.807, 2.05) is 0 Å². The molecular formula is C21H22ClF2NO4S. The van der Waals surface area contributed by atoms with Crippen molar-refractivity contribution >= 4 is 33.0 Å². The number of amides is 1. The Morgan fingerprint density at radius 1 is 1.17 bits per heavy atom. The summed E-state index contributed by atoms with van der Waals surface area (Å²) in [5, 5.41) is 12.0. The van der Waals surface area contributed by atoms with Crippen LogP contribution in [0.2, 0.25) is 5.02 Å². The lowest BCUT2D eigenvalue weighted by Gasteiger charge is -2.25. The van der Waals surface area contributed by atoms with Gasteiger partial charge in [0, 0.05) is 17.3 Å². The topological polar surface area (TPSA) is 83.5 Å². The van der Waals surface area contributed by atoms with E-state index in [-0.39, 0.29) is 44.5 Å². The minimum atomic E-state index is -3.76. The van der Waals surface area contributed by atoms with Crippen LogP contribution in [0.1, 0.15) is 41.6 Å². The Bertz CT molecular complexity index is 1040. The number of hydrogen-bond acceptors (Lipinski definition) is 4. The fourth-order valence-electron chi connectivity index (χ4n) is 3.60. The fourth-order valence-corrected chi connectivity index (χ4v) is 5.87. The largest absolute Gasteiger partial charge is 0.393 e. The summed E-state index contributed by atoms with van der Waals surface area (Å²) in [6.07, 6.45) is 1.94. The van der Waals surface area contributed by atoms with Gasteiger partial charge in [0.25, 0.3) is 5.91 Å². The lowest BCUT2D eigenvalue weighted by atomic mass is 9.89. The molecule has 2 aromatic rings. The Morgan fingerprint density at radius 3 is 2.47 bits per heavy atom. The third kappa shape index (κ3) is 5.17. The number of benzene rings is 2. The predicted molar refractivity (Wildman–Crippen MR) is 111 cm³/mol. The number of aliphatic hydroxyl groups is 1. The molecule has 0 atom stereocenters. The summed E-state index contributed by atoms with van der Waals surface area (Å²) in [6, 6.07) is 6.01. The first kappa shape index (κ1) is 22.7. The zero-order valence-corrected chi connectivity index (χ0v) is 17.9. The number of aliphatic hydroxyl groups excluding tert-OH is 1. The van der Waals surface area contributed by atoms with Crippen molar-refractivity contribution in [1.82, 2.24) is 0 Å². The van der Waals surface area contributed by atoms with Crippen molar-refractivity contribution in [3.8, 4) is 0 Å². The number of aryl methyl sites for hydroxylation is 1. The average Bonchev–Trinajstić information content (AvgIpc) is 2.67. The molecule has 0 saturated heterocycles. The van der Waals surface area contributed by atoms with Crippen LogP contribution in [0.4, 0.5) is 14.5 Å². The van der Waals surface area contributed by atoms with Crippen LogP contribution in [0.15, 0.2) is 35.2 Å². The van der Waals surface area contributed by atoms with E-state index in [9.17, 15) is 27.1 Å². The highest BCUT2D eigenvalue weighted by Gasteiger charge is 2.28. The SMILES string of the molecule is Cc1cc(NC(=O)c2ccc(Cl)c(S(=O)(=O)CC3CCC(O)CC3)c2)cc(F)c1F. The van der Waals surface area contributed by atoms with Gasteiger partial charge in [-0.2, -0.15) is 0 Å². The molecule has 0 bridgehead atoms. The van der Waals surface area contributed by atoms with E-state index in [1.165, 1.54) is 31.2 Å². The van der Waals surface area contributed by atoms with E-state index in [0.29, 0.717) is 25.7 Å². The van der Waals surface area contributed by atoms with Crippen molar-refractivity contribution in [3.63, 3.8) is 0 Å². The van der Waals surface area contributed by atoms with Crippen molar-refractivity contribution in [2.45, 2.75) is 43.6 Å². The second-order valence-electron chi connectivity index (χ2n) is 7.64. The summed E-state index contributed by atoms with van der Waals surface area (Å²) in [6.45, 7) is 1.37. The van der Waals surface area contributed by atoms with Crippen molar-refractivity contribution in [1.29, 1.82) is 0 Å². The van der Waals surface area contributed by atoms with Gasteiger partial charge in [0.15, 0.2) is 21.5 Å². The highest BCUT2D eigenvalue weighted by molar-refractivity contribution is 7.91. The van der Waals surface area contributed by atoms with Crippen LogP contribution >= 0.6 is 11.6 Å². The summed E-state index contributed by atoms with van der Waals surface area (Å²) in [5.41, 5.74) is 0.109. The molecule has 1 fully saturated rings. The molecule has 0 radical (unpaired) electrons. The molecule has 1 amide bonds. The molecule has 1 aliphatic carbocycles. The Labute approximate surface area is 179 Å². The standard InChI is InChI=1S/C21H22ClF2NO4S/c1-12-8-15(10-18(23)20(12)24)25-21(27)14-4-7-17(22)19(9-14)30(28,29)11-13-2-5-16(26)6-3-13/h4,7-10,13,16,26H,2-3,5-6,11H2,1H3,(H,25,27). The van der Waals surface area contributed by atoms with E-state index < -0.39 is 27.4 Å². The van der Waals surface area contributed by atoms with Gasteiger partial charge in [-0.25, -0.2) is 17.2 Å². The minimum absolute atomic E-state index is 0.00562. The van der Waals surface area contributed by atoms with Gasteiger partial charge in [-0.05, 0) is 68.4 Å². The minimum Gasteiger partial charge on any atom is -0.393 e. The summed E-state index contributed by atoms with van der Waals surface area (Å²) in [7, 11) is -3.76. The van der Waals surface area contributed by atoms with E-state index in [2.05, 4.69) is 5.32 Å². The smallest absolute Gasteiger partial charge is 0.255 e. The molecule has 9 heteroatoms. The van der Waals surface area contributed by atoms with Gasteiger partial charge in [0.1, 0.15) is 0 Å².